The smallest absolute Gasteiger partial charge is 0.227 e. The maximum atomic E-state index is 11.5. The first kappa shape index (κ1) is 15.4. The number of hydrogen-bond acceptors (Lipinski definition) is 4. The summed E-state index contributed by atoms with van der Waals surface area (Å²) in [6.45, 7) is 0.707. The average molecular weight is 334 g/mol. The van der Waals surface area contributed by atoms with Gasteiger partial charge in [0.1, 0.15) is 0 Å². The molecule has 6 heteroatoms. The molecular weight excluding hydrogens is 316 g/mol. The molecule has 0 atom stereocenters. The number of nitrogens with one attached hydrogen (secondary N) is 3. The van der Waals surface area contributed by atoms with Gasteiger partial charge in [-0.25, -0.2) is 0 Å². The number of imide groups is 1. The minimum Gasteiger partial charge on any atom is -0.381 e. The molecule has 4 rings (SSSR count). The molecule has 1 aromatic heterocycles. The van der Waals surface area contributed by atoms with Crippen LogP contribution in [0.1, 0.15) is 29.9 Å². The van der Waals surface area contributed by atoms with Crippen LogP contribution in [-0.4, -0.2) is 22.0 Å². The zero-order valence-electron chi connectivity index (χ0n) is 13.6. The molecule has 1 aliphatic heterocycles. The van der Waals surface area contributed by atoms with E-state index >= 15 is 0 Å². The molecule has 0 unspecified atom stereocenters. The van der Waals surface area contributed by atoms with Gasteiger partial charge in [0.25, 0.3) is 0 Å². The third kappa shape index (κ3) is 3.38. The molecule has 0 spiro atoms. The average Bonchev–Trinajstić information content (AvgIpc) is 3.07. The summed E-state index contributed by atoms with van der Waals surface area (Å²) in [7, 11) is 0. The second-order valence-electron chi connectivity index (χ2n) is 6.34. The molecule has 3 N–H and O–H groups in total. The lowest BCUT2D eigenvalue weighted by Gasteiger charge is -2.21. The third-order valence-electron chi connectivity index (χ3n) is 4.53. The Morgan fingerprint density at radius 3 is 2.56 bits per heavy atom. The minimum absolute atomic E-state index is 0.0296. The number of rotatable bonds is 4. The summed E-state index contributed by atoms with van der Waals surface area (Å²) in [5, 5.41) is 13.8. The van der Waals surface area contributed by atoms with E-state index in [1.807, 2.05) is 36.5 Å². The largest absolute Gasteiger partial charge is 0.381 e. The number of piperidine rings is 1. The van der Waals surface area contributed by atoms with Gasteiger partial charge < -0.3 is 5.32 Å². The van der Waals surface area contributed by atoms with Gasteiger partial charge in [-0.3, -0.25) is 20.0 Å². The number of anilines is 1. The first-order valence-corrected chi connectivity index (χ1v) is 8.26. The first-order chi connectivity index (χ1) is 12.2. The van der Waals surface area contributed by atoms with Crippen molar-refractivity contribution in [1.82, 2.24) is 15.5 Å². The van der Waals surface area contributed by atoms with Crippen LogP contribution in [0.3, 0.4) is 0 Å². The maximum absolute atomic E-state index is 11.5. The molecule has 0 saturated carbocycles. The van der Waals surface area contributed by atoms with Gasteiger partial charge in [-0.05, 0) is 29.3 Å². The van der Waals surface area contributed by atoms with Crippen molar-refractivity contribution in [3.05, 3.63) is 59.8 Å². The molecular formula is C19H18N4O2. The molecule has 2 amide bonds. The molecule has 1 fully saturated rings. The molecule has 126 valence electrons. The number of hydrogen-bond donors (Lipinski definition) is 3. The number of aromatic amines is 1. The van der Waals surface area contributed by atoms with Gasteiger partial charge in [-0.2, -0.15) is 5.10 Å². The lowest BCUT2D eigenvalue weighted by Crippen LogP contribution is -2.37. The molecule has 1 aliphatic rings. The zero-order chi connectivity index (χ0) is 17.2. The quantitative estimate of drug-likeness (QED) is 0.640. The molecule has 1 saturated heterocycles. The Morgan fingerprint density at radius 1 is 1.04 bits per heavy atom. The number of carbonyl (C=O) groups excluding carboxylic acids is 2. The summed E-state index contributed by atoms with van der Waals surface area (Å²) in [6, 6.07) is 14.1. The molecule has 0 radical (unpaired) electrons. The van der Waals surface area contributed by atoms with Crippen molar-refractivity contribution < 1.29 is 9.59 Å². The Bertz CT molecular complexity index is 914. The predicted octanol–water partition coefficient (Wildman–Crippen LogP) is 2.70. The van der Waals surface area contributed by atoms with Gasteiger partial charge in [0.2, 0.25) is 11.8 Å². The van der Waals surface area contributed by atoms with Crippen LogP contribution in [-0.2, 0) is 16.1 Å². The molecule has 0 bridgehead atoms. The fraction of sp³-hybridized carbons (Fsp3) is 0.211. The number of carbonyl (C=O) groups is 2. The van der Waals surface area contributed by atoms with E-state index in [-0.39, 0.29) is 17.7 Å². The van der Waals surface area contributed by atoms with Crippen LogP contribution >= 0.6 is 0 Å². The van der Waals surface area contributed by atoms with E-state index in [4.69, 9.17) is 0 Å². The number of benzene rings is 2. The monoisotopic (exact) mass is 334 g/mol. The topological polar surface area (TPSA) is 86.9 Å². The van der Waals surface area contributed by atoms with Crippen LogP contribution in [0.25, 0.3) is 10.9 Å². The second-order valence-corrected chi connectivity index (χ2v) is 6.34. The van der Waals surface area contributed by atoms with Crippen molar-refractivity contribution in [2.75, 3.05) is 5.32 Å². The van der Waals surface area contributed by atoms with Crippen molar-refractivity contribution in [3.63, 3.8) is 0 Å². The molecule has 6 nitrogen and oxygen atoms in total. The number of fused-ring (bicyclic) bond motifs is 1. The van der Waals surface area contributed by atoms with E-state index in [9.17, 15) is 9.59 Å². The molecule has 2 heterocycles. The van der Waals surface area contributed by atoms with Gasteiger partial charge in [0.05, 0.1) is 11.7 Å². The Labute approximate surface area is 144 Å². The molecule has 3 aromatic rings. The molecule has 25 heavy (non-hydrogen) atoms. The molecule has 0 aliphatic carbocycles. The summed E-state index contributed by atoms with van der Waals surface area (Å²) in [5.74, 6) is -0.423. The summed E-state index contributed by atoms with van der Waals surface area (Å²) in [4.78, 5) is 23.0. The highest BCUT2D eigenvalue weighted by molar-refractivity contribution is 5.98. The van der Waals surface area contributed by atoms with Crippen LogP contribution in [0.4, 0.5) is 5.69 Å². The summed E-state index contributed by atoms with van der Waals surface area (Å²) < 4.78 is 0. The SMILES string of the molecule is O=C1CC(c2ccc(NCc3ccc4cn[nH]c4c3)cc2)CC(=O)N1. The number of aromatic nitrogens is 2. The van der Waals surface area contributed by atoms with E-state index in [0.29, 0.717) is 19.4 Å². The van der Waals surface area contributed by atoms with Crippen molar-refractivity contribution in [2.24, 2.45) is 0 Å². The maximum Gasteiger partial charge on any atom is 0.227 e. The lowest BCUT2D eigenvalue weighted by molar-refractivity contribution is -0.133. The Morgan fingerprint density at radius 2 is 1.80 bits per heavy atom. The van der Waals surface area contributed by atoms with E-state index in [0.717, 1.165) is 27.7 Å². The number of nitrogens with zero attached hydrogens (tertiary/aromatic N) is 1. The predicted molar refractivity (Wildman–Crippen MR) is 95.0 cm³/mol. The van der Waals surface area contributed by atoms with Crippen LogP contribution < -0.4 is 10.6 Å². The summed E-state index contributed by atoms with van der Waals surface area (Å²) >= 11 is 0. The second kappa shape index (κ2) is 6.39. The van der Waals surface area contributed by atoms with Crippen LogP contribution in [0.5, 0.6) is 0 Å². The summed E-state index contributed by atoms with van der Waals surface area (Å²) in [5.41, 5.74) is 4.21. The van der Waals surface area contributed by atoms with Gasteiger partial charge >= 0.3 is 0 Å². The summed E-state index contributed by atoms with van der Waals surface area (Å²) in [6.07, 6.45) is 2.53. The lowest BCUT2D eigenvalue weighted by atomic mass is 9.89. The highest BCUT2D eigenvalue weighted by Gasteiger charge is 2.25. The Balaban J connectivity index is 1.41. The van der Waals surface area contributed by atoms with Crippen molar-refractivity contribution in [3.8, 4) is 0 Å². The van der Waals surface area contributed by atoms with E-state index in [1.165, 1.54) is 0 Å². The number of amides is 2. The van der Waals surface area contributed by atoms with Crippen LogP contribution in [0, 0.1) is 0 Å². The minimum atomic E-state index is -0.197. The molecule has 2 aromatic carbocycles. The van der Waals surface area contributed by atoms with Crippen molar-refractivity contribution >= 4 is 28.4 Å². The zero-order valence-corrected chi connectivity index (χ0v) is 13.6. The van der Waals surface area contributed by atoms with Gasteiger partial charge in [-0.15, -0.1) is 0 Å². The van der Waals surface area contributed by atoms with Crippen LogP contribution in [0.15, 0.2) is 48.7 Å². The van der Waals surface area contributed by atoms with Gasteiger partial charge in [0.15, 0.2) is 0 Å². The first-order valence-electron chi connectivity index (χ1n) is 8.26. The standard InChI is InChI=1S/C19H18N4O2/c24-18-8-15(9-19(25)22-18)13-3-5-16(6-4-13)20-10-12-1-2-14-11-21-23-17(14)7-12/h1-7,11,15,20H,8-10H2,(H,21,23)(H,22,24,25). The number of H-pyrrole nitrogens is 1. The van der Waals surface area contributed by atoms with Crippen molar-refractivity contribution in [1.29, 1.82) is 0 Å². The van der Waals surface area contributed by atoms with Gasteiger partial charge in [-0.1, -0.05) is 24.3 Å². The van der Waals surface area contributed by atoms with E-state index < -0.39 is 0 Å². The van der Waals surface area contributed by atoms with Crippen molar-refractivity contribution in [2.45, 2.75) is 25.3 Å². The normalized spacial score (nSPS) is 15.4. The Hall–Kier alpha value is -3.15. The fourth-order valence-corrected chi connectivity index (χ4v) is 3.18. The third-order valence-corrected chi connectivity index (χ3v) is 4.53. The highest BCUT2D eigenvalue weighted by atomic mass is 16.2. The van der Waals surface area contributed by atoms with Gasteiger partial charge in [0, 0.05) is 36.4 Å². The Kier molecular flexibility index (Phi) is 3.93. The van der Waals surface area contributed by atoms with Crippen LogP contribution in [0.2, 0.25) is 0 Å². The highest BCUT2D eigenvalue weighted by Crippen LogP contribution is 2.27. The fourth-order valence-electron chi connectivity index (χ4n) is 3.18. The van der Waals surface area contributed by atoms with E-state index in [1.54, 1.807) is 0 Å². The van der Waals surface area contributed by atoms with E-state index in [2.05, 4.69) is 33.0 Å².